The number of halogens is 3. The van der Waals surface area contributed by atoms with Crippen LogP contribution in [0.4, 0.5) is 13.2 Å². The summed E-state index contributed by atoms with van der Waals surface area (Å²) < 4.78 is 44.3. The molecule has 2 aromatic rings. The number of ether oxygens (including phenoxy) is 1. The molecule has 4 fully saturated rings. The number of piperidine rings is 3. The number of nitrogens with zero attached hydrogens (tertiary/aromatic N) is 1. The lowest BCUT2D eigenvalue weighted by Gasteiger charge is -2.45. The van der Waals surface area contributed by atoms with Crippen molar-refractivity contribution in [1.82, 2.24) is 15.5 Å². The first-order valence-electron chi connectivity index (χ1n) is 12.8. The molecular weight excluding hydrogens is 483 g/mol. The summed E-state index contributed by atoms with van der Waals surface area (Å²) in [5.74, 6) is 0.568. The SMILES string of the molecule is COc1ccc(C2(C(=O)N[C@@H](Cc3ccc(C(F)(F)F)cc3)C(=O)NC3CN4CCC3CC4)CC2)cc1. The fourth-order valence-corrected chi connectivity index (χ4v) is 5.66. The number of methoxy groups -OCH3 is 1. The van der Waals surface area contributed by atoms with Crippen LogP contribution in [0.1, 0.15) is 42.4 Å². The normalized spacial score (nSPS) is 24.7. The van der Waals surface area contributed by atoms with E-state index in [0.29, 0.717) is 30.1 Å². The maximum atomic E-state index is 13.5. The van der Waals surface area contributed by atoms with Gasteiger partial charge in [-0.2, -0.15) is 13.2 Å². The summed E-state index contributed by atoms with van der Waals surface area (Å²) in [5.41, 5.74) is -0.0425. The Morgan fingerprint density at radius 3 is 2.22 bits per heavy atom. The van der Waals surface area contributed by atoms with Crippen LogP contribution < -0.4 is 15.4 Å². The van der Waals surface area contributed by atoms with Crippen LogP contribution in [0.5, 0.6) is 5.75 Å². The summed E-state index contributed by atoms with van der Waals surface area (Å²) in [6.07, 6.45) is -0.937. The van der Waals surface area contributed by atoms with Gasteiger partial charge in [0.25, 0.3) is 0 Å². The molecule has 37 heavy (non-hydrogen) atoms. The number of hydrogen-bond acceptors (Lipinski definition) is 4. The fourth-order valence-electron chi connectivity index (χ4n) is 5.66. The highest BCUT2D eigenvalue weighted by atomic mass is 19.4. The smallest absolute Gasteiger partial charge is 0.416 e. The molecule has 1 aliphatic carbocycles. The van der Waals surface area contributed by atoms with Crippen LogP contribution in [-0.4, -0.2) is 55.5 Å². The predicted molar refractivity (Wildman–Crippen MR) is 132 cm³/mol. The van der Waals surface area contributed by atoms with E-state index >= 15 is 0 Å². The molecule has 0 radical (unpaired) electrons. The molecule has 2 bridgehead atoms. The van der Waals surface area contributed by atoms with Gasteiger partial charge in [-0.1, -0.05) is 24.3 Å². The van der Waals surface area contributed by atoms with Crippen molar-refractivity contribution in [2.24, 2.45) is 5.92 Å². The molecule has 4 aliphatic rings. The lowest BCUT2D eigenvalue weighted by atomic mass is 9.84. The molecular formula is C28H32F3N3O3. The van der Waals surface area contributed by atoms with Crippen molar-refractivity contribution in [2.75, 3.05) is 26.7 Å². The van der Waals surface area contributed by atoms with E-state index < -0.39 is 23.2 Å². The Bertz CT molecular complexity index is 1120. The standard InChI is InChI=1S/C28H32F3N3O3/c1-37-22-8-6-20(7-9-22)27(12-13-27)26(36)33-23(16-18-2-4-21(5-3-18)28(29,30)31)25(35)32-24-17-34-14-10-19(24)11-15-34/h2-9,19,23-24H,10-17H2,1H3,(H,32,35)(H,33,36)/t23-,24?/m0/s1. The first-order valence-corrected chi connectivity index (χ1v) is 12.8. The molecule has 0 spiro atoms. The number of nitrogens with one attached hydrogen (secondary N) is 2. The van der Waals surface area contributed by atoms with Gasteiger partial charge in [0.2, 0.25) is 11.8 Å². The van der Waals surface area contributed by atoms with E-state index in [0.717, 1.165) is 50.2 Å². The van der Waals surface area contributed by atoms with E-state index in [1.165, 1.54) is 12.1 Å². The van der Waals surface area contributed by atoms with Gasteiger partial charge in [0.15, 0.2) is 0 Å². The summed E-state index contributed by atoms with van der Waals surface area (Å²) in [6.45, 7) is 2.85. The van der Waals surface area contributed by atoms with Crippen molar-refractivity contribution in [3.8, 4) is 5.75 Å². The molecule has 2 amide bonds. The summed E-state index contributed by atoms with van der Waals surface area (Å²) >= 11 is 0. The Kier molecular flexibility index (Phi) is 6.91. The average Bonchev–Trinajstić information content (AvgIpc) is 3.71. The highest BCUT2D eigenvalue weighted by molar-refractivity contribution is 5.95. The van der Waals surface area contributed by atoms with Crippen molar-refractivity contribution >= 4 is 11.8 Å². The minimum Gasteiger partial charge on any atom is -0.497 e. The number of benzene rings is 2. The molecule has 2 N–H and O–H groups in total. The number of fused-ring (bicyclic) bond motifs is 3. The van der Waals surface area contributed by atoms with Crippen LogP contribution in [0.2, 0.25) is 0 Å². The third kappa shape index (κ3) is 5.46. The van der Waals surface area contributed by atoms with Gasteiger partial charge in [-0.3, -0.25) is 9.59 Å². The summed E-state index contributed by atoms with van der Waals surface area (Å²) in [6, 6.07) is 11.2. The van der Waals surface area contributed by atoms with E-state index in [-0.39, 0.29) is 24.3 Å². The Balaban J connectivity index is 1.33. The van der Waals surface area contributed by atoms with Crippen molar-refractivity contribution in [2.45, 2.75) is 55.8 Å². The monoisotopic (exact) mass is 515 g/mol. The van der Waals surface area contributed by atoms with Crippen LogP contribution in [0.3, 0.4) is 0 Å². The molecule has 3 saturated heterocycles. The highest BCUT2D eigenvalue weighted by Gasteiger charge is 2.52. The lowest BCUT2D eigenvalue weighted by molar-refractivity contribution is -0.137. The van der Waals surface area contributed by atoms with E-state index in [1.807, 2.05) is 24.3 Å². The predicted octanol–water partition coefficient (Wildman–Crippen LogP) is 3.68. The van der Waals surface area contributed by atoms with E-state index in [2.05, 4.69) is 15.5 Å². The van der Waals surface area contributed by atoms with Crippen LogP contribution in [0.15, 0.2) is 48.5 Å². The van der Waals surface area contributed by atoms with Gasteiger partial charge in [-0.25, -0.2) is 0 Å². The lowest BCUT2D eigenvalue weighted by Crippen LogP contribution is -2.60. The molecule has 6 nitrogen and oxygen atoms in total. The number of amides is 2. The van der Waals surface area contributed by atoms with Crippen LogP contribution in [-0.2, 0) is 27.6 Å². The molecule has 1 saturated carbocycles. The Morgan fingerprint density at radius 2 is 1.70 bits per heavy atom. The zero-order valence-electron chi connectivity index (χ0n) is 20.8. The maximum Gasteiger partial charge on any atom is 0.416 e. The zero-order chi connectivity index (χ0) is 26.2. The minimum absolute atomic E-state index is 0.0125. The van der Waals surface area contributed by atoms with Crippen molar-refractivity contribution < 1.29 is 27.5 Å². The van der Waals surface area contributed by atoms with Gasteiger partial charge >= 0.3 is 6.18 Å². The molecule has 198 valence electrons. The third-order valence-electron chi connectivity index (χ3n) is 8.15. The molecule has 9 heteroatoms. The van der Waals surface area contributed by atoms with Crippen molar-refractivity contribution in [1.29, 1.82) is 0 Å². The fraction of sp³-hybridized carbons (Fsp3) is 0.500. The maximum absolute atomic E-state index is 13.5. The van der Waals surface area contributed by atoms with E-state index in [4.69, 9.17) is 4.74 Å². The molecule has 2 aromatic carbocycles. The van der Waals surface area contributed by atoms with Crippen molar-refractivity contribution in [3.05, 3.63) is 65.2 Å². The number of rotatable bonds is 8. The van der Waals surface area contributed by atoms with Gasteiger partial charge in [-0.05, 0) is 80.1 Å². The van der Waals surface area contributed by atoms with Gasteiger partial charge < -0.3 is 20.3 Å². The largest absolute Gasteiger partial charge is 0.497 e. The number of carbonyl (C=O) groups is 2. The molecule has 3 heterocycles. The highest BCUT2D eigenvalue weighted by Crippen LogP contribution is 2.48. The number of carbonyl (C=O) groups excluding carboxylic acids is 2. The second kappa shape index (κ2) is 10.0. The zero-order valence-corrected chi connectivity index (χ0v) is 20.8. The topological polar surface area (TPSA) is 70.7 Å². The van der Waals surface area contributed by atoms with Crippen molar-refractivity contribution in [3.63, 3.8) is 0 Å². The first-order chi connectivity index (χ1) is 17.7. The van der Waals surface area contributed by atoms with Gasteiger partial charge in [0, 0.05) is 19.0 Å². The second-order valence-electron chi connectivity index (χ2n) is 10.5. The summed E-state index contributed by atoms with van der Waals surface area (Å²) in [4.78, 5) is 29.3. The number of alkyl halides is 3. The Morgan fingerprint density at radius 1 is 1.05 bits per heavy atom. The Labute approximate surface area is 214 Å². The minimum atomic E-state index is -4.43. The van der Waals surface area contributed by atoms with Gasteiger partial charge in [0.05, 0.1) is 18.1 Å². The van der Waals surface area contributed by atoms with Crippen LogP contribution in [0, 0.1) is 5.92 Å². The van der Waals surface area contributed by atoms with Crippen LogP contribution in [0.25, 0.3) is 0 Å². The van der Waals surface area contributed by atoms with E-state index in [1.54, 1.807) is 7.11 Å². The number of hydrogen-bond donors (Lipinski definition) is 2. The quantitative estimate of drug-likeness (QED) is 0.563. The average molecular weight is 516 g/mol. The summed E-state index contributed by atoms with van der Waals surface area (Å²) in [5, 5.41) is 6.10. The summed E-state index contributed by atoms with van der Waals surface area (Å²) in [7, 11) is 1.58. The van der Waals surface area contributed by atoms with Gasteiger partial charge in [0.1, 0.15) is 11.8 Å². The molecule has 6 rings (SSSR count). The third-order valence-corrected chi connectivity index (χ3v) is 8.15. The molecule has 1 unspecified atom stereocenters. The second-order valence-corrected chi connectivity index (χ2v) is 10.5. The first kappa shape index (κ1) is 25.6. The van der Waals surface area contributed by atoms with E-state index in [9.17, 15) is 22.8 Å². The Hall–Kier alpha value is -3.07. The van der Waals surface area contributed by atoms with Crippen LogP contribution >= 0.6 is 0 Å². The molecule has 3 aliphatic heterocycles. The van der Waals surface area contributed by atoms with Gasteiger partial charge in [-0.15, -0.1) is 0 Å². The molecule has 0 aromatic heterocycles. The molecule has 2 atom stereocenters.